The van der Waals surface area contributed by atoms with Crippen molar-refractivity contribution in [3.63, 3.8) is 0 Å². The molecule has 1 atom stereocenters. The molecule has 4 heteroatoms. The van der Waals surface area contributed by atoms with Crippen molar-refractivity contribution in [2.45, 2.75) is 44.8 Å². The second kappa shape index (κ2) is 8.45. The summed E-state index contributed by atoms with van der Waals surface area (Å²) in [6.07, 6.45) is 7.82. The van der Waals surface area contributed by atoms with E-state index in [-0.39, 0.29) is 0 Å². The van der Waals surface area contributed by atoms with Crippen molar-refractivity contribution < 1.29 is 4.74 Å². The lowest BCUT2D eigenvalue weighted by Gasteiger charge is -2.28. The van der Waals surface area contributed by atoms with Crippen LogP contribution in [-0.4, -0.2) is 47.3 Å². The molecule has 1 fully saturated rings. The van der Waals surface area contributed by atoms with E-state index in [1.807, 2.05) is 6.20 Å². The standard InChI is InChI=1S/C20H29N3O/c1-17(18-7-4-3-5-8-18)20-21-11-15-23(20)12-6-16-24-19-9-13-22(2)14-10-19/h3-5,7-8,11,15,17,19H,6,9-10,12-14,16H2,1-2H3/t17-/m1/s1. The summed E-state index contributed by atoms with van der Waals surface area (Å²) < 4.78 is 8.33. The molecule has 1 aliphatic heterocycles. The average molecular weight is 327 g/mol. The summed E-state index contributed by atoms with van der Waals surface area (Å²) in [6, 6.07) is 10.6. The van der Waals surface area contributed by atoms with Crippen LogP contribution in [0, 0.1) is 0 Å². The van der Waals surface area contributed by atoms with Gasteiger partial charge < -0.3 is 14.2 Å². The number of ether oxygens (including phenoxy) is 1. The van der Waals surface area contributed by atoms with Gasteiger partial charge in [-0.15, -0.1) is 0 Å². The molecule has 4 nitrogen and oxygen atoms in total. The van der Waals surface area contributed by atoms with Gasteiger partial charge in [-0.1, -0.05) is 37.3 Å². The lowest BCUT2D eigenvalue weighted by molar-refractivity contribution is 0.0102. The molecular weight excluding hydrogens is 298 g/mol. The van der Waals surface area contributed by atoms with Gasteiger partial charge in [0.25, 0.3) is 0 Å². The first-order valence-corrected chi connectivity index (χ1v) is 9.10. The summed E-state index contributed by atoms with van der Waals surface area (Å²) in [5.74, 6) is 1.46. The van der Waals surface area contributed by atoms with E-state index < -0.39 is 0 Å². The zero-order chi connectivity index (χ0) is 16.8. The Morgan fingerprint density at radius 3 is 2.71 bits per heavy atom. The van der Waals surface area contributed by atoms with Crippen LogP contribution in [0.15, 0.2) is 42.7 Å². The van der Waals surface area contributed by atoms with Gasteiger partial charge in [0.2, 0.25) is 0 Å². The maximum Gasteiger partial charge on any atom is 0.115 e. The van der Waals surface area contributed by atoms with Crippen molar-refractivity contribution in [3.8, 4) is 0 Å². The summed E-state index contributed by atoms with van der Waals surface area (Å²) in [6.45, 7) is 6.35. The third-order valence-corrected chi connectivity index (χ3v) is 5.00. The lowest BCUT2D eigenvalue weighted by atomic mass is 10.0. The minimum Gasteiger partial charge on any atom is -0.378 e. The zero-order valence-corrected chi connectivity index (χ0v) is 14.9. The van der Waals surface area contributed by atoms with Crippen molar-refractivity contribution in [1.29, 1.82) is 0 Å². The highest BCUT2D eigenvalue weighted by atomic mass is 16.5. The van der Waals surface area contributed by atoms with Gasteiger partial charge >= 0.3 is 0 Å². The molecule has 2 heterocycles. The molecule has 0 saturated carbocycles. The summed E-state index contributed by atoms with van der Waals surface area (Å²) in [4.78, 5) is 6.96. The molecule has 130 valence electrons. The lowest BCUT2D eigenvalue weighted by Crippen LogP contribution is -2.34. The van der Waals surface area contributed by atoms with Crippen LogP contribution in [0.25, 0.3) is 0 Å². The normalized spacial score (nSPS) is 17.9. The smallest absolute Gasteiger partial charge is 0.115 e. The minimum atomic E-state index is 0.316. The Bertz CT molecular complexity index is 602. The predicted octanol–water partition coefficient (Wildman–Crippen LogP) is 3.54. The molecule has 2 aromatic rings. The third-order valence-electron chi connectivity index (χ3n) is 5.00. The summed E-state index contributed by atoms with van der Waals surface area (Å²) >= 11 is 0. The van der Waals surface area contributed by atoms with Crippen molar-refractivity contribution >= 4 is 0 Å². The Hall–Kier alpha value is -1.65. The third kappa shape index (κ3) is 4.46. The highest BCUT2D eigenvalue weighted by Gasteiger charge is 2.17. The van der Waals surface area contributed by atoms with Crippen LogP contribution in [0.3, 0.4) is 0 Å². The van der Waals surface area contributed by atoms with Crippen LogP contribution >= 0.6 is 0 Å². The van der Waals surface area contributed by atoms with Crippen molar-refractivity contribution in [2.24, 2.45) is 0 Å². The largest absolute Gasteiger partial charge is 0.378 e. The highest BCUT2D eigenvalue weighted by molar-refractivity contribution is 5.24. The minimum absolute atomic E-state index is 0.316. The number of aromatic nitrogens is 2. The van der Waals surface area contributed by atoms with Crippen molar-refractivity contribution in [3.05, 3.63) is 54.1 Å². The first-order chi connectivity index (χ1) is 11.7. The molecule has 0 spiro atoms. The number of benzene rings is 1. The van der Waals surface area contributed by atoms with E-state index in [0.717, 1.165) is 51.3 Å². The maximum absolute atomic E-state index is 6.05. The van der Waals surface area contributed by atoms with Crippen molar-refractivity contribution in [2.75, 3.05) is 26.7 Å². The fourth-order valence-electron chi connectivity index (χ4n) is 3.42. The topological polar surface area (TPSA) is 30.3 Å². The number of rotatable bonds is 7. The Kier molecular flexibility index (Phi) is 6.05. The number of piperidine rings is 1. The molecule has 0 unspecified atom stereocenters. The van der Waals surface area contributed by atoms with Gasteiger partial charge in [-0.05, 0) is 31.9 Å². The first-order valence-electron chi connectivity index (χ1n) is 9.10. The van der Waals surface area contributed by atoms with E-state index in [1.165, 1.54) is 5.56 Å². The molecule has 1 saturated heterocycles. The monoisotopic (exact) mass is 327 g/mol. The van der Waals surface area contributed by atoms with E-state index in [1.54, 1.807) is 0 Å². The van der Waals surface area contributed by atoms with Crippen LogP contribution in [0.5, 0.6) is 0 Å². The number of imidazole rings is 1. The van der Waals surface area contributed by atoms with Crippen LogP contribution in [-0.2, 0) is 11.3 Å². The van der Waals surface area contributed by atoms with Crippen molar-refractivity contribution in [1.82, 2.24) is 14.5 Å². The Balaban J connectivity index is 1.47. The molecule has 0 N–H and O–H groups in total. The maximum atomic E-state index is 6.05. The summed E-state index contributed by atoms with van der Waals surface area (Å²) in [7, 11) is 2.19. The SMILES string of the molecule is C[C@H](c1ccccc1)c1nccn1CCCOC1CCN(C)CC1. The van der Waals surface area contributed by atoms with Gasteiger partial charge in [-0.2, -0.15) is 0 Å². The molecule has 1 aromatic carbocycles. The van der Waals surface area contributed by atoms with Gasteiger partial charge in [0, 0.05) is 44.6 Å². The Morgan fingerprint density at radius 1 is 1.21 bits per heavy atom. The van der Waals surface area contributed by atoms with E-state index in [2.05, 4.69) is 65.0 Å². The Morgan fingerprint density at radius 2 is 1.96 bits per heavy atom. The van der Waals surface area contributed by atoms with Crippen LogP contribution < -0.4 is 0 Å². The number of hydrogen-bond acceptors (Lipinski definition) is 3. The zero-order valence-electron chi connectivity index (χ0n) is 14.9. The van der Waals surface area contributed by atoms with E-state index >= 15 is 0 Å². The second-order valence-corrected chi connectivity index (χ2v) is 6.84. The van der Waals surface area contributed by atoms with Crippen LogP contribution in [0.1, 0.15) is 43.5 Å². The number of hydrogen-bond donors (Lipinski definition) is 0. The van der Waals surface area contributed by atoms with E-state index in [4.69, 9.17) is 4.74 Å². The second-order valence-electron chi connectivity index (χ2n) is 6.84. The highest BCUT2D eigenvalue weighted by Crippen LogP contribution is 2.22. The molecule has 0 radical (unpaired) electrons. The molecule has 1 aromatic heterocycles. The molecule has 0 bridgehead atoms. The van der Waals surface area contributed by atoms with Gasteiger partial charge in [0.1, 0.15) is 5.82 Å². The first kappa shape index (κ1) is 17.2. The molecule has 3 rings (SSSR count). The average Bonchev–Trinajstić information content (AvgIpc) is 3.09. The molecule has 1 aliphatic rings. The molecule has 0 amide bonds. The molecule has 24 heavy (non-hydrogen) atoms. The number of likely N-dealkylation sites (tertiary alicyclic amines) is 1. The predicted molar refractivity (Wildman–Crippen MR) is 97.3 cm³/mol. The number of nitrogens with zero attached hydrogens (tertiary/aromatic N) is 3. The fraction of sp³-hybridized carbons (Fsp3) is 0.550. The number of aryl methyl sites for hydroxylation is 1. The van der Waals surface area contributed by atoms with Gasteiger partial charge in [-0.3, -0.25) is 0 Å². The summed E-state index contributed by atoms with van der Waals surface area (Å²) in [5, 5.41) is 0. The quantitative estimate of drug-likeness (QED) is 0.729. The Labute approximate surface area is 145 Å². The fourth-order valence-corrected chi connectivity index (χ4v) is 3.42. The van der Waals surface area contributed by atoms with Crippen LogP contribution in [0.4, 0.5) is 0 Å². The van der Waals surface area contributed by atoms with Crippen LogP contribution in [0.2, 0.25) is 0 Å². The van der Waals surface area contributed by atoms with E-state index in [0.29, 0.717) is 12.0 Å². The molecular formula is C20H29N3O. The molecule has 0 aliphatic carbocycles. The van der Waals surface area contributed by atoms with Gasteiger partial charge in [-0.25, -0.2) is 4.98 Å². The van der Waals surface area contributed by atoms with Gasteiger partial charge in [0.05, 0.1) is 6.10 Å². The van der Waals surface area contributed by atoms with E-state index in [9.17, 15) is 0 Å². The summed E-state index contributed by atoms with van der Waals surface area (Å²) in [5.41, 5.74) is 1.31. The van der Waals surface area contributed by atoms with Gasteiger partial charge in [0.15, 0.2) is 0 Å².